The van der Waals surface area contributed by atoms with Gasteiger partial charge in [0.25, 0.3) is 5.91 Å². The van der Waals surface area contributed by atoms with Crippen LogP contribution in [0.15, 0.2) is 42.6 Å². The third-order valence-corrected chi connectivity index (χ3v) is 2.79. The summed E-state index contributed by atoms with van der Waals surface area (Å²) in [5.74, 6) is -0.181. The van der Waals surface area contributed by atoms with Gasteiger partial charge in [0.1, 0.15) is 5.69 Å². The molecule has 0 radical (unpaired) electrons. The highest BCUT2D eigenvalue weighted by Gasteiger charge is 2.10. The molecule has 0 saturated carbocycles. The van der Waals surface area contributed by atoms with Gasteiger partial charge in [-0.25, -0.2) is 0 Å². The van der Waals surface area contributed by atoms with Crippen LogP contribution >= 0.6 is 0 Å². The van der Waals surface area contributed by atoms with Gasteiger partial charge in [0.2, 0.25) is 0 Å². The number of aryl methyl sites for hydroxylation is 1. The first-order chi connectivity index (χ1) is 9.20. The van der Waals surface area contributed by atoms with E-state index in [1.54, 1.807) is 6.20 Å². The predicted octanol–water partition coefficient (Wildman–Crippen LogP) is 2.36. The summed E-state index contributed by atoms with van der Waals surface area (Å²) in [6, 6.07) is 11.5. The molecule has 1 amide bonds. The van der Waals surface area contributed by atoms with Crippen LogP contribution in [0.3, 0.4) is 0 Å². The molecule has 1 aromatic heterocycles. The third kappa shape index (κ3) is 3.39. The van der Waals surface area contributed by atoms with E-state index >= 15 is 0 Å². The summed E-state index contributed by atoms with van der Waals surface area (Å²) < 4.78 is 0. The van der Waals surface area contributed by atoms with Crippen molar-refractivity contribution in [3.8, 4) is 0 Å². The van der Waals surface area contributed by atoms with Gasteiger partial charge in [0.05, 0.1) is 0 Å². The maximum Gasteiger partial charge on any atom is 0.274 e. The minimum absolute atomic E-state index is 0.181. The number of carbonyl (C=O) groups is 1. The lowest BCUT2D eigenvalue weighted by Crippen LogP contribution is -2.15. The highest BCUT2D eigenvalue weighted by molar-refractivity contribution is 6.03. The molecule has 0 saturated heterocycles. The summed E-state index contributed by atoms with van der Waals surface area (Å²) >= 11 is 0. The quantitative estimate of drug-likeness (QED) is 0.881. The highest BCUT2D eigenvalue weighted by atomic mass is 16.1. The van der Waals surface area contributed by atoms with E-state index in [4.69, 9.17) is 0 Å². The van der Waals surface area contributed by atoms with Crippen LogP contribution in [0.2, 0.25) is 0 Å². The molecule has 0 unspecified atom stereocenters. The Labute approximate surface area is 112 Å². The molecule has 2 aromatic rings. The van der Waals surface area contributed by atoms with Crippen LogP contribution < -0.4 is 10.6 Å². The van der Waals surface area contributed by atoms with Crippen molar-refractivity contribution in [3.63, 3.8) is 0 Å². The Morgan fingerprint density at radius 1 is 1.26 bits per heavy atom. The molecule has 0 aliphatic rings. The van der Waals surface area contributed by atoms with Gasteiger partial charge in [-0.2, -0.15) is 0 Å². The first-order valence-electron chi connectivity index (χ1n) is 6.17. The number of rotatable bonds is 4. The van der Waals surface area contributed by atoms with Crippen LogP contribution in [-0.2, 0) is 6.54 Å². The summed E-state index contributed by atoms with van der Waals surface area (Å²) in [6.45, 7) is 2.64. The lowest BCUT2D eigenvalue weighted by molar-refractivity contribution is 0.102. The Morgan fingerprint density at radius 3 is 2.84 bits per heavy atom. The van der Waals surface area contributed by atoms with Gasteiger partial charge in [-0.3, -0.25) is 9.78 Å². The fourth-order valence-corrected chi connectivity index (χ4v) is 1.88. The molecule has 0 aliphatic carbocycles. The van der Waals surface area contributed by atoms with E-state index < -0.39 is 0 Å². The molecular weight excluding hydrogens is 238 g/mol. The number of benzene rings is 1. The summed E-state index contributed by atoms with van der Waals surface area (Å²) in [5, 5.41) is 5.95. The molecule has 2 rings (SSSR count). The number of aromatic nitrogens is 1. The minimum atomic E-state index is -0.181. The van der Waals surface area contributed by atoms with Crippen LogP contribution in [0.1, 0.15) is 21.6 Å². The van der Waals surface area contributed by atoms with Crippen LogP contribution in [0, 0.1) is 6.92 Å². The van der Waals surface area contributed by atoms with E-state index in [0.717, 1.165) is 23.4 Å². The lowest BCUT2D eigenvalue weighted by Gasteiger charge is -2.08. The normalized spacial score (nSPS) is 10.2. The minimum Gasteiger partial charge on any atom is -0.321 e. The monoisotopic (exact) mass is 255 g/mol. The van der Waals surface area contributed by atoms with Crippen molar-refractivity contribution in [2.45, 2.75) is 13.5 Å². The average molecular weight is 255 g/mol. The molecule has 0 atom stereocenters. The second-order valence-electron chi connectivity index (χ2n) is 4.35. The first kappa shape index (κ1) is 13.2. The van der Waals surface area contributed by atoms with Gasteiger partial charge in [0, 0.05) is 18.4 Å². The standard InChI is InChI=1S/C15H17N3O/c1-11-5-4-8-17-14(11)15(19)18-13-7-3-6-12(9-13)10-16-2/h3-9,16H,10H2,1-2H3,(H,18,19). The van der Waals surface area contributed by atoms with Crippen molar-refractivity contribution >= 4 is 11.6 Å². The number of pyridine rings is 1. The first-order valence-corrected chi connectivity index (χ1v) is 6.17. The molecule has 4 nitrogen and oxygen atoms in total. The van der Waals surface area contributed by atoms with Crippen LogP contribution in [-0.4, -0.2) is 17.9 Å². The summed E-state index contributed by atoms with van der Waals surface area (Å²) in [6.07, 6.45) is 1.62. The Morgan fingerprint density at radius 2 is 2.11 bits per heavy atom. The van der Waals surface area contributed by atoms with E-state index in [0.29, 0.717) is 5.69 Å². The number of carbonyl (C=O) groups excluding carboxylic acids is 1. The second kappa shape index (κ2) is 6.11. The van der Waals surface area contributed by atoms with Crippen molar-refractivity contribution in [1.82, 2.24) is 10.3 Å². The fraction of sp³-hybridized carbons (Fsp3) is 0.200. The summed E-state index contributed by atoms with van der Waals surface area (Å²) in [4.78, 5) is 16.2. The van der Waals surface area contributed by atoms with Crippen LogP contribution in [0.4, 0.5) is 5.69 Å². The van der Waals surface area contributed by atoms with E-state index in [9.17, 15) is 4.79 Å². The Bertz CT molecular complexity index is 581. The topological polar surface area (TPSA) is 54.0 Å². The maximum atomic E-state index is 12.1. The van der Waals surface area contributed by atoms with Gasteiger partial charge in [-0.05, 0) is 43.3 Å². The fourth-order valence-electron chi connectivity index (χ4n) is 1.88. The molecule has 1 aromatic carbocycles. The van der Waals surface area contributed by atoms with E-state index in [1.165, 1.54) is 0 Å². The van der Waals surface area contributed by atoms with Gasteiger partial charge >= 0.3 is 0 Å². The SMILES string of the molecule is CNCc1cccc(NC(=O)c2ncccc2C)c1. The summed E-state index contributed by atoms with van der Waals surface area (Å²) in [7, 11) is 1.89. The molecule has 0 spiro atoms. The van der Waals surface area contributed by atoms with Crippen molar-refractivity contribution in [2.75, 3.05) is 12.4 Å². The Hall–Kier alpha value is -2.20. The van der Waals surface area contributed by atoms with E-state index in [2.05, 4.69) is 15.6 Å². The Balaban J connectivity index is 2.15. The molecule has 98 valence electrons. The zero-order valence-corrected chi connectivity index (χ0v) is 11.1. The molecule has 0 bridgehead atoms. The zero-order valence-electron chi connectivity index (χ0n) is 11.1. The number of nitrogens with zero attached hydrogens (tertiary/aromatic N) is 1. The van der Waals surface area contributed by atoms with Crippen molar-refractivity contribution < 1.29 is 4.79 Å². The average Bonchev–Trinajstić information content (AvgIpc) is 2.40. The predicted molar refractivity (Wildman–Crippen MR) is 76.1 cm³/mol. The third-order valence-electron chi connectivity index (χ3n) is 2.79. The largest absolute Gasteiger partial charge is 0.321 e. The Kier molecular flexibility index (Phi) is 4.26. The van der Waals surface area contributed by atoms with Gasteiger partial charge in [-0.1, -0.05) is 18.2 Å². The number of anilines is 1. The molecule has 0 aliphatic heterocycles. The maximum absolute atomic E-state index is 12.1. The van der Waals surface area contributed by atoms with Crippen LogP contribution in [0.25, 0.3) is 0 Å². The van der Waals surface area contributed by atoms with Crippen molar-refractivity contribution in [1.29, 1.82) is 0 Å². The molecule has 4 heteroatoms. The second-order valence-corrected chi connectivity index (χ2v) is 4.35. The number of hydrogen-bond donors (Lipinski definition) is 2. The molecular formula is C15H17N3O. The molecule has 19 heavy (non-hydrogen) atoms. The van der Waals surface area contributed by atoms with Crippen molar-refractivity contribution in [2.24, 2.45) is 0 Å². The van der Waals surface area contributed by atoms with E-state index in [1.807, 2.05) is 50.4 Å². The number of hydrogen-bond acceptors (Lipinski definition) is 3. The van der Waals surface area contributed by atoms with Gasteiger partial charge < -0.3 is 10.6 Å². The lowest BCUT2D eigenvalue weighted by atomic mass is 10.2. The number of nitrogens with one attached hydrogen (secondary N) is 2. The molecule has 2 N–H and O–H groups in total. The van der Waals surface area contributed by atoms with Crippen LogP contribution in [0.5, 0.6) is 0 Å². The number of amides is 1. The summed E-state index contributed by atoms with van der Waals surface area (Å²) in [5.41, 5.74) is 3.23. The zero-order chi connectivity index (χ0) is 13.7. The van der Waals surface area contributed by atoms with E-state index in [-0.39, 0.29) is 5.91 Å². The molecule has 0 fully saturated rings. The molecule has 1 heterocycles. The van der Waals surface area contributed by atoms with Crippen molar-refractivity contribution in [3.05, 3.63) is 59.4 Å². The highest BCUT2D eigenvalue weighted by Crippen LogP contribution is 2.13. The smallest absolute Gasteiger partial charge is 0.274 e. The van der Waals surface area contributed by atoms with Gasteiger partial charge in [0.15, 0.2) is 0 Å². The van der Waals surface area contributed by atoms with Gasteiger partial charge in [-0.15, -0.1) is 0 Å².